The second-order valence-electron chi connectivity index (χ2n) is 11.3. The molecule has 2 heterocycles. The Kier molecular flexibility index (Phi) is 8.47. The van der Waals surface area contributed by atoms with Crippen LogP contribution >= 0.6 is 0 Å². The predicted octanol–water partition coefficient (Wildman–Crippen LogP) is 5.81. The van der Waals surface area contributed by atoms with Gasteiger partial charge in [0, 0.05) is 30.8 Å². The average Bonchev–Trinajstić information content (AvgIpc) is 3.15. The summed E-state index contributed by atoms with van der Waals surface area (Å²) >= 11 is 0. The lowest BCUT2D eigenvalue weighted by Gasteiger charge is -2.45. The molecule has 0 aromatic heterocycles. The second-order valence-corrected chi connectivity index (χ2v) is 11.3. The van der Waals surface area contributed by atoms with Crippen molar-refractivity contribution in [2.45, 2.75) is 109 Å². The number of carbonyl (C=O) groups is 1. The molecule has 0 amide bonds. The quantitative estimate of drug-likeness (QED) is 0.346. The maximum absolute atomic E-state index is 11.2. The molecule has 2 saturated carbocycles. The molecule has 2 aliphatic heterocycles. The van der Waals surface area contributed by atoms with Crippen LogP contribution in [0.5, 0.6) is 0 Å². The molecule has 5 heteroatoms. The first-order chi connectivity index (χ1) is 15.5. The van der Waals surface area contributed by atoms with Crippen molar-refractivity contribution in [3.8, 4) is 0 Å². The SMILES string of the molecule is CC1(C)COC2(CCC(C=CC(OC3CCCCO3)C3CCCCC3)C2CCC=O)OC1. The summed E-state index contributed by atoms with van der Waals surface area (Å²) in [6, 6.07) is 0. The minimum atomic E-state index is -0.527. The van der Waals surface area contributed by atoms with E-state index in [2.05, 4.69) is 26.0 Å². The molecule has 4 fully saturated rings. The summed E-state index contributed by atoms with van der Waals surface area (Å²) in [7, 11) is 0. The van der Waals surface area contributed by atoms with Gasteiger partial charge in [0.1, 0.15) is 6.29 Å². The predicted molar refractivity (Wildman–Crippen MR) is 124 cm³/mol. The third kappa shape index (κ3) is 6.02. The number of allylic oxidation sites excluding steroid dienone is 1. The Morgan fingerprint density at radius 1 is 1.00 bits per heavy atom. The van der Waals surface area contributed by atoms with Crippen LogP contribution in [0.25, 0.3) is 0 Å². The molecular formula is C27H44O5. The summed E-state index contributed by atoms with van der Waals surface area (Å²) in [5, 5.41) is 0. The molecule has 182 valence electrons. The first kappa shape index (κ1) is 24.4. The Morgan fingerprint density at radius 3 is 2.44 bits per heavy atom. The highest BCUT2D eigenvalue weighted by atomic mass is 16.7. The molecule has 4 aliphatic rings. The van der Waals surface area contributed by atoms with E-state index in [-0.39, 0.29) is 23.7 Å². The van der Waals surface area contributed by atoms with Gasteiger partial charge in [-0.2, -0.15) is 0 Å². The summed E-state index contributed by atoms with van der Waals surface area (Å²) in [4.78, 5) is 11.2. The first-order valence-electron chi connectivity index (χ1n) is 13.2. The molecule has 32 heavy (non-hydrogen) atoms. The van der Waals surface area contributed by atoms with Gasteiger partial charge in [-0.3, -0.25) is 0 Å². The van der Waals surface area contributed by atoms with Gasteiger partial charge in [-0.05, 0) is 56.8 Å². The monoisotopic (exact) mass is 448 g/mol. The van der Waals surface area contributed by atoms with E-state index in [1.165, 1.54) is 38.5 Å². The van der Waals surface area contributed by atoms with Crippen LogP contribution in [0.1, 0.15) is 90.9 Å². The van der Waals surface area contributed by atoms with E-state index in [9.17, 15) is 4.79 Å². The molecule has 0 bridgehead atoms. The fraction of sp³-hybridized carbons (Fsp3) is 0.889. The van der Waals surface area contributed by atoms with Crippen LogP contribution in [0, 0.1) is 23.2 Å². The summed E-state index contributed by atoms with van der Waals surface area (Å²) in [6.07, 6.45) is 18.9. The lowest BCUT2D eigenvalue weighted by Crippen LogP contribution is -2.50. The van der Waals surface area contributed by atoms with Gasteiger partial charge in [0.05, 0.1) is 19.3 Å². The molecule has 5 nitrogen and oxygen atoms in total. The normalized spacial score (nSPS) is 34.1. The highest BCUT2D eigenvalue weighted by Gasteiger charge is 2.52. The van der Waals surface area contributed by atoms with Gasteiger partial charge < -0.3 is 23.7 Å². The smallest absolute Gasteiger partial charge is 0.171 e. The van der Waals surface area contributed by atoms with Crippen molar-refractivity contribution in [2.75, 3.05) is 19.8 Å². The van der Waals surface area contributed by atoms with Crippen molar-refractivity contribution in [1.29, 1.82) is 0 Å². The highest BCUT2D eigenvalue weighted by Crippen LogP contribution is 2.50. The van der Waals surface area contributed by atoms with Gasteiger partial charge >= 0.3 is 0 Å². The van der Waals surface area contributed by atoms with Crippen LogP contribution in [-0.4, -0.2) is 44.3 Å². The first-order valence-corrected chi connectivity index (χ1v) is 13.2. The Bertz CT molecular complexity index is 608. The molecule has 1 spiro atoms. The van der Waals surface area contributed by atoms with Gasteiger partial charge in [0.25, 0.3) is 0 Å². The topological polar surface area (TPSA) is 54.0 Å². The van der Waals surface area contributed by atoms with E-state index in [0.717, 1.165) is 45.0 Å². The van der Waals surface area contributed by atoms with Gasteiger partial charge in [-0.15, -0.1) is 0 Å². The Morgan fingerprint density at radius 2 is 1.75 bits per heavy atom. The largest absolute Gasteiger partial charge is 0.353 e. The van der Waals surface area contributed by atoms with Crippen molar-refractivity contribution >= 4 is 6.29 Å². The van der Waals surface area contributed by atoms with Crippen molar-refractivity contribution in [3.63, 3.8) is 0 Å². The van der Waals surface area contributed by atoms with Crippen molar-refractivity contribution in [2.24, 2.45) is 23.2 Å². The summed E-state index contributed by atoms with van der Waals surface area (Å²) in [5.41, 5.74) is 0.0499. The van der Waals surface area contributed by atoms with Crippen molar-refractivity contribution in [3.05, 3.63) is 12.2 Å². The fourth-order valence-electron chi connectivity index (χ4n) is 6.09. The third-order valence-corrected chi connectivity index (χ3v) is 8.03. The summed E-state index contributed by atoms with van der Waals surface area (Å²) in [6.45, 7) is 6.62. The van der Waals surface area contributed by atoms with Gasteiger partial charge in [-0.25, -0.2) is 0 Å². The molecule has 2 aliphatic carbocycles. The fourth-order valence-corrected chi connectivity index (χ4v) is 6.09. The van der Waals surface area contributed by atoms with Crippen LogP contribution in [0.15, 0.2) is 12.2 Å². The number of hydrogen-bond acceptors (Lipinski definition) is 5. The standard InChI is InChI=1S/C27H44O5/c1-26(2)19-30-27(31-20-26)16-15-21(23(27)11-8-17-28)13-14-24(22-9-4-3-5-10-22)32-25-12-6-7-18-29-25/h13-14,17,21-25H,3-12,15-16,18-20H2,1-2H3. The number of rotatable bonds is 8. The lowest BCUT2D eigenvalue weighted by atomic mass is 9.83. The van der Waals surface area contributed by atoms with Crippen molar-refractivity contribution < 1.29 is 23.7 Å². The van der Waals surface area contributed by atoms with Gasteiger partial charge in [-0.1, -0.05) is 45.3 Å². The molecule has 4 atom stereocenters. The number of aldehydes is 1. The van der Waals surface area contributed by atoms with Crippen LogP contribution < -0.4 is 0 Å². The van der Waals surface area contributed by atoms with Crippen LogP contribution in [0.2, 0.25) is 0 Å². The van der Waals surface area contributed by atoms with E-state index in [4.69, 9.17) is 18.9 Å². The molecule has 0 aromatic rings. The molecular weight excluding hydrogens is 404 g/mol. The zero-order valence-electron chi connectivity index (χ0n) is 20.3. The van der Waals surface area contributed by atoms with Crippen LogP contribution in [-0.2, 0) is 23.7 Å². The molecule has 0 N–H and O–H groups in total. The summed E-state index contributed by atoms with van der Waals surface area (Å²) in [5.74, 6) is 0.634. The molecule has 0 radical (unpaired) electrons. The Balaban J connectivity index is 1.46. The molecule has 4 rings (SSSR count). The molecule has 2 saturated heterocycles. The van der Waals surface area contributed by atoms with Gasteiger partial charge in [0.15, 0.2) is 12.1 Å². The van der Waals surface area contributed by atoms with Crippen molar-refractivity contribution in [1.82, 2.24) is 0 Å². The number of ether oxygens (including phenoxy) is 4. The maximum atomic E-state index is 11.2. The highest BCUT2D eigenvalue weighted by molar-refractivity contribution is 5.49. The van der Waals surface area contributed by atoms with E-state index in [1.54, 1.807) is 0 Å². The van der Waals surface area contributed by atoms with E-state index in [1.807, 2.05) is 0 Å². The lowest BCUT2D eigenvalue weighted by molar-refractivity contribution is -0.316. The Hall–Kier alpha value is -0.750. The Labute approximate surface area is 194 Å². The second kappa shape index (κ2) is 11.1. The summed E-state index contributed by atoms with van der Waals surface area (Å²) < 4.78 is 25.3. The third-order valence-electron chi connectivity index (χ3n) is 8.03. The minimum Gasteiger partial charge on any atom is -0.353 e. The minimum absolute atomic E-state index is 0.0499. The van der Waals surface area contributed by atoms with Gasteiger partial charge in [0.2, 0.25) is 0 Å². The average molecular weight is 449 g/mol. The number of carbonyl (C=O) groups excluding carboxylic acids is 1. The maximum Gasteiger partial charge on any atom is 0.171 e. The zero-order chi connectivity index (χ0) is 22.4. The van der Waals surface area contributed by atoms with E-state index < -0.39 is 5.79 Å². The van der Waals surface area contributed by atoms with Crippen LogP contribution in [0.4, 0.5) is 0 Å². The zero-order valence-corrected chi connectivity index (χ0v) is 20.3. The van der Waals surface area contributed by atoms with Crippen LogP contribution in [0.3, 0.4) is 0 Å². The number of hydrogen-bond donors (Lipinski definition) is 0. The molecule has 4 unspecified atom stereocenters. The van der Waals surface area contributed by atoms with E-state index in [0.29, 0.717) is 31.5 Å². The van der Waals surface area contributed by atoms with E-state index >= 15 is 0 Å². The molecule has 0 aromatic carbocycles.